The maximum absolute atomic E-state index is 14.8. The molecule has 17 heteroatoms. The molecule has 0 spiro atoms. The van der Waals surface area contributed by atoms with E-state index in [0.717, 1.165) is 0 Å². The van der Waals surface area contributed by atoms with Crippen LogP contribution < -0.4 is 21.1 Å². The number of imidazole rings is 1. The van der Waals surface area contributed by atoms with Gasteiger partial charge < -0.3 is 40.2 Å². The SMILES string of the molecule is Cn1c(-c2ccc(OCC#N)c(F)c2F)cnc1C(=O)Nc1ccc(C(=O)N2CCN(C(=O)NC3CCC3(OC(N)=O)C(C)(C)C)CC2)c(Cl)c1. The number of hydrogen-bond donors (Lipinski definition) is 3. The van der Waals surface area contributed by atoms with Gasteiger partial charge in [0.05, 0.1) is 28.5 Å². The van der Waals surface area contributed by atoms with Crippen molar-refractivity contribution in [3.8, 4) is 23.1 Å². The second kappa shape index (κ2) is 14.4. The molecule has 5 rings (SSSR count). The number of urea groups is 1. The maximum atomic E-state index is 14.8. The number of hydrogen-bond acceptors (Lipinski definition) is 8. The van der Waals surface area contributed by atoms with Crippen molar-refractivity contribution in [2.75, 3.05) is 38.1 Å². The molecular weight excluding hydrogens is 690 g/mol. The molecule has 3 aromatic rings. The highest BCUT2D eigenvalue weighted by atomic mass is 35.5. The summed E-state index contributed by atoms with van der Waals surface area (Å²) in [7, 11) is 1.46. The Morgan fingerprint density at radius 1 is 1.10 bits per heavy atom. The molecule has 2 fully saturated rings. The van der Waals surface area contributed by atoms with Crippen molar-refractivity contribution in [2.45, 2.75) is 45.3 Å². The molecule has 2 atom stereocenters. The molecule has 2 unspecified atom stereocenters. The number of amides is 5. The number of rotatable bonds is 8. The van der Waals surface area contributed by atoms with Crippen LogP contribution in [0.2, 0.25) is 5.02 Å². The standard InChI is InChI=1S/C34H37ClF2N8O6/c1-33(2,3)34(51-31(39)48)10-9-25(34)42-32(49)45-14-12-44(13-15-45)30(47)20-6-5-19(17-22(20)35)41-29(46)28-40-18-23(43(28)4)21-7-8-24(50-16-11-38)27(37)26(21)36/h5-8,17-18,25H,9-10,12-16H2,1-4H3,(H2,39,48)(H,41,46)(H,42,49). The lowest BCUT2D eigenvalue weighted by Crippen LogP contribution is -2.69. The highest BCUT2D eigenvalue weighted by Gasteiger charge is 2.58. The summed E-state index contributed by atoms with van der Waals surface area (Å²) in [6.07, 6.45) is 1.52. The van der Waals surface area contributed by atoms with Crippen LogP contribution in [0.25, 0.3) is 11.3 Å². The first-order valence-electron chi connectivity index (χ1n) is 16.0. The van der Waals surface area contributed by atoms with Gasteiger partial charge in [0.15, 0.2) is 24.0 Å². The van der Waals surface area contributed by atoms with E-state index in [1.165, 1.54) is 48.1 Å². The fourth-order valence-corrected chi connectivity index (χ4v) is 6.65. The lowest BCUT2D eigenvalue weighted by molar-refractivity contribution is -0.142. The van der Waals surface area contributed by atoms with Crippen LogP contribution in [-0.4, -0.2) is 87.7 Å². The normalized spacial score (nSPS) is 18.7. The third-order valence-corrected chi connectivity index (χ3v) is 9.65. The van der Waals surface area contributed by atoms with Gasteiger partial charge in [-0.1, -0.05) is 32.4 Å². The molecule has 1 aliphatic carbocycles. The zero-order chi connectivity index (χ0) is 37.2. The molecule has 0 radical (unpaired) electrons. The number of nitrogens with two attached hydrogens (primary N) is 1. The quantitative estimate of drug-likeness (QED) is 0.299. The first-order chi connectivity index (χ1) is 24.1. The van der Waals surface area contributed by atoms with Crippen LogP contribution in [-0.2, 0) is 11.8 Å². The van der Waals surface area contributed by atoms with Gasteiger partial charge in [-0.3, -0.25) is 9.59 Å². The number of carbonyl (C=O) groups excluding carboxylic acids is 4. The number of piperazine rings is 1. The van der Waals surface area contributed by atoms with Crippen molar-refractivity contribution >= 4 is 41.2 Å². The molecule has 0 bridgehead atoms. The Hall–Kier alpha value is -5.43. The summed E-state index contributed by atoms with van der Waals surface area (Å²) in [4.78, 5) is 58.5. The molecule has 2 aliphatic rings. The van der Waals surface area contributed by atoms with Crippen LogP contribution in [0.3, 0.4) is 0 Å². The van der Waals surface area contributed by atoms with Gasteiger partial charge in [0.2, 0.25) is 5.82 Å². The van der Waals surface area contributed by atoms with E-state index in [0.29, 0.717) is 12.8 Å². The molecule has 2 heterocycles. The van der Waals surface area contributed by atoms with Gasteiger partial charge in [-0.15, -0.1) is 0 Å². The average Bonchev–Trinajstić information content (AvgIpc) is 3.46. The fraction of sp³-hybridized carbons (Fsp3) is 0.412. The summed E-state index contributed by atoms with van der Waals surface area (Å²) in [6, 6.07) is 7.74. The highest BCUT2D eigenvalue weighted by molar-refractivity contribution is 6.34. The Balaban J connectivity index is 1.18. The molecule has 4 N–H and O–H groups in total. The van der Waals surface area contributed by atoms with E-state index < -0.39 is 53.0 Å². The van der Waals surface area contributed by atoms with Crippen LogP contribution >= 0.6 is 11.6 Å². The largest absolute Gasteiger partial charge is 0.476 e. The van der Waals surface area contributed by atoms with Gasteiger partial charge in [0, 0.05) is 49.9 Å². The summed E-state index contributed by atoms with van der Waals surface area (Å²) < 4.78 is 41.0. The molecule has 270 valence electrons. The number of nitrogens with zero attached hydrogens (tertiary/aromatic N) is 5. The number of primary amides is 1. The molecule has 1 saturated heterocycles. The van der Waals surface area contributed by atoms with Crippen LogP contribution in [0, 0.1) is 28.4 Å². The summed E-state index contributed by atoms with van der Waals surface area (Å²) in [5, 5.41) is 14.3. The average molecular weight is 727 g/mol. The fourth-order valence-electron chi connectivity index (χ4n) is 6.39. The van der Waals surface area contributed by atoms with E-state index in [1.807, 2.05) is 20.8 Å². The lowest BCUT2D eigenvalue weighted by atomic mass is 9.60. The Labute approximate surface area is 297 Å². The van der Waals surface area contributed by atoms with E-state index in [1.54, 1.807) is 15.9 Å². The number of aromatic nitrogens is 2. The Morgan fingerprint density at radius 3 is 2.37 bits per heavy atom. The Bertz CT molecular complexity index is 1920. The zero-order valence-electron chi connectivity index (χ0n) is 28.4. The summed E-state index contributed by atoms with van der Waals surface area (Å²) in [5.41, 5.74) is 4.35. The minimum atomic E-state index is -1.28. The smallest absolute Gasteiger partial charge is 0.405 e. The first-order valence-corrected chi connectivity index (χ1v) is 16.4. The number of halogens is 3. The van der Waals surface area contributed by atoms with Gasteiger partial charge in [-0.25, -0.2) is 19.0 Å². The summed E-state index contributed by atoms with van der Waals surface area (Å²) in [5.74, 6) is -4.08. The molecule has 2 aromatic carbocycles. The van der Waals surface area contributed by atoms with Gasteiger partial charge in [-0.2, -0.15) is 9.65 Å². The minimum absolute atomic E-state index is 0.0766. The van der Waals surface area contributed by atoms with Gasteiger partial charge in [-0.05, 0) is 43.2 Å². The molecular formula is C34H37ClF2N8O6. The molecule has 1 aromatic heterocycles. The third-order valence-electron chi connectivity index (χ3n) is 9.34. The van der Waals surface area contributed by atoms with Crippen molar-refractivity contribution in [1.82, 2.24) is 24.7 Å². The van der Waals surface area contributed by atoms with Crippen molar-refractivity contribution in [1.29, 1.82) is 5.26 Å². The monoisotopic (exact) mass is 726 g/mol. The highest BCUT2D eigenvalue weighted by Crippen LogP contribution is 2.49. The topological polar surface area (TPSA) is 185 Å². The molecule has 14 nitrogen and oxygen atoms in total. The number of anilines is 1. The van der Waals surface area contributed by atoms with Crippen LogP contribution in [0.4, 0.5) is 24.1 Å². The molecule has 5 amide bonds. The summed E-state index contributed by atoms with van der Waals surface area (Å²) >= 11 is 6.48. The van der Waals surface area contributed by atoms with E-state index in [-0.39, 0.29) is 71.5 Å². The Morgan fingerprint density at radius 2 is 1.78 bits per heavy atom. The van der Waals surface area contributed by atoms with E-state index >= 15 is 0 Å². The third kappa shape index (κ3) is 7.25. The second-order valence-electron chi connectivity index (χ2n) is 13.2. The lowest BCUT2D eigenvalue weighted by Gasteiger charge is -2.55. The maximum Gasteiger partial charge on any atom is 0.405 e. The minimum Gasteiger partial charge on any atom is -0.476 e. The van der Waals surface area contributed by atoms with Crippen LogP contribution in [0.1, 0.15) is 54.6 Å². The molecule has 1 aliphatic heterocycles. The number of nitriles is 1. The van der Waals surface area contributed by atoms with Crippen molar-refractivity contribution in [2.24, 2.45) is 18.2 Å². The first kappa shape index (κ1) is 36.8. The van der Waals surface area contributed by atoms with Crippen molar-refractivity contribution < 1.29 is 37.4 Å². The van der Waals surface area contributed by atoms with Gasteiger partial charge in [0.1, 0.15) is 11.7 Å². The number of benzene rings is 2. The van der Waals surface area contributed by atoms with Crippen molar-refractivity contribution in [3.05, 3.63) is 64.6 Å². The molecule has 1 saturated carbocycles. The van der Waals surface area contributed by atoms with E-state index in [9.17, 15) is 28.0 Å². The van der Waals surface area contributed by atoms with E-state index in [4.69, 9.17) is 32.1 Å². The number of carbonyl (C=O) groups is 4. The number of nitrogens with one attached hydrogen (secondary N) is 2. The van der Waals surface area contributed by atoms with Gasteiger partial charge >= 0.3 is 12.1 Å². The zero-order valence-corrected chi connectivity index (χ0v) is 29.1. The van der Waals surface area contributed by atoms with Crippen LogP contribution in [0.15, 0.2) is 36.5 Å². The molecule has 51 heavy (non-hydrogen) atoms. The van der Waals surface area contributed by atoms with E-state index in [2.05, 4.69) is 15.6 Å². The Kier molecular flexibility index (Phi) is 10.4. The second-order valence-corrected chi connectivity index (χ2v) is 13.6. The predicted molar refractivity (Wildman–Crippen MR) is 181 cm³/mol. The number of ether oxygens (including phenoxy) is 2. The van der Waals surface area contributed by atoms with Crippen LogP contribution in [0.5, 0.6) is 5.75 Å². The summed E-state index contributed by atoms with van der Waals surface area (Å²) in [6.45, 7) is 6.32. The van der Waals surface area contributed by atoms with Crippen molar-refractivity contribution in [3.63, 3.8) is 0 Å². The van der Waals surface area contributed by atoms with Gasteiger partial charge in [0.25, 0.3) is 11.8 Å². The predicted octanol–water partition coefficient (Wildman–Crippen LogP) is 4.68.